The van der Waals surface area contributed by atoms with Crippen LogP contribution in [0.3, 0.4) is 0 Å². The van der Waals surface area contributed by atoms with Gasteiger partial charge in [0.05, 0.1) is 23.1 Å². The van der Waals surface area contributed by atoms with Crippen LogP contribution in [0.5, 0.6) is 0 Å². The van der Waals surface area contributed by atoms with Gasteiger partial charge < -0.3 is 5.32 Å². The molecule has 6 nitrogen and oxygen atoms in total. The number of aromatic nitrogens is 4. The van der Waals surface area contributed by atoms with Crippen molar-refractivity contribution in [2.45, 2.75) is 26.2 Å². The number of nitrogens with one attached hydrogen (secondary N) is 1. The lowest BCUT2D eigenvalue weighted by atomic mass is 10.2. The third kappa shape index (κ3) is 4.42. The molecule has 1 amide bonds. The van der Waals surface area contributed by atoms with Crippen molar-refractivity contribution < 1.29 is 4.79 Å². The van der Waals surface area contributed by atoms with E-state index in [0.29, 0.717) is 19.4 Å². The Morgan fingerprint density at radius 1 is 1.21 bits per heavy atom. The first-order valence-corrected chi connectivity index (χ1v) is 9.35. The number of nitrogens with zero attached hydrogens (tertiary/aromatic N) is 4. The van der Waals surface area contributed by atoms with Crippen molar-refractivity contribution in [1.82, 2.24) is 25.3 Å². The SMILES string of the molecule is Cc1ncsc1CCC(=O)NCCc1csc(-c2cnccn2)n1. The van der Waals surface area contributed by atoms with Crippen LogP contribution in [0.25, 0.3) is 10.7 Å². The average Bonchev–Trinajstić information content (AvgIpc) is 3.23. The molecule has 3 rings (SSSR count). The lowest BCUT2D eigenvalue weighted by Crippen LogP contribution is -2.25. The Morgan fingerprint density at radius 2 is 2.12 bits per heavy atom. The van der Waals surface area contributed by atoms with Crippen LogP contribution in [-0.2, 0) is 17.6 Å². The zero-order valence-corrected chi connectivity index (χ0v) is 14.9. The van der Waals surface area contributed by atoms with Gasteiger partial charge in [-0.25, -0.2) is 9.97 Å². The van der Waals surface area contributed by atoms with E-state index in [2.05, 4.69) is 25.3 Å². The molecule has 3 heterocycles. The number of rotatable bonds is 7. The molecule has 0 atom stereocenters. The first-order chi connectivity index (χ1) is 11.7. The predicted molar refractivity (Wildman–Crippen MR) is 95.0 cm³/mol. The summed E-state index contributed by atoms with van der Waals surface area (Å²) >= 11 is 3.14. The van der Waals surface area contributed by atoms with Crippen molar-refractivity contribution in [2.75, 3.05) is 6.54 Å². The van der Waals surface area contributed by atoms with E-state index >= 15 is 0 Å². The van der Waals surface area contributed by atoms with Gasteiger partial charge in [0.25, 0.3) is 0 Å². The number of amides is 1. The maximum Gasteiger partial charge on any atom is 0.220 e. The highest BCUT2D eigenvalue weighted by atomic mass is 32.1. The summed E-state index contributed by atoms with van der Waals surface area (Å²) in [7, 11) is 0. The lowest BCUT2D eigenvalue weighted by Gasteiger charge is -2.03. The Kier molecular flexibility index (Phi) is 5.60. The standard InChI is InChI=1S/C16H17N5OS2/c1-11-14(24-10-20-11)2-3-15(22)19-5-4-12-9-23-16(21-12)13-8-17-6-7-18-13/h6-10H,2-5H2,1H3,(H,19,22). The molecule has 0 radical (unpaired) electrons. The van der Waals surface area contributed by atoms with Gasteiger partial charge in [-0.15, -0.1) is 22.7 Å². The van der Waals surface area contributed by atoms with Crippen LogP contribution in [0, 0.1) is 6.92 Å². The fourth-order valence-corrected chi connectivity index (χ4v) is 3.76. The van der Waals surface area contributed by atoms with E-state index in [9.17, 15) is 4.79 Å². The fraction of sp³-hybridized carbons (Fsp3) is 0.312. The van der Waals surface area contributed by atoms with Crippen LogP contribution < -0.4 is 5.32 Å². The van der Waals surface area contributed by atoms with E-state index in [0.717, 1.165) is 28.5 Å². The minimum atomic E-state index is 0.0622. The molecule has 8 heteroatoms. The summed E-state index contributed by atoms with van der Waals surface area (Å²) in [5, 5.41) is 5.79. The minimum absolute atomic E-state index is 0.0622. The summed E-state index contributed by atoms with van der Waals surface area (Å²) in [6.45, 7) is 2.56. The van der Waals surface area contributed by atoms with E-state index in [1.54, 1.807) is 29.9 Å². The third-order valence-corrected chi connectivity index (χ3v) is 5.37. The van der Waals surface area contributed by atoms with Gasteiger partial charge in [0.2, 0.25) is 5.91 Å². The van der Waals surface area contributed by atoms with Gasteiger partial charge in [0, 0.05) is 42.0 Å². The van der Waals surface area contributed by atoms with E-state index in [4.69, 9.17) is 0 Å². The highest BCUT2D eigenvalue weighted by Crippen LogP contribution is 2.20. The van der Waals surface area contributed by atoms with Gasteiger partial charge in [-0.2, -0.15) is 0 Å². The molecular formula is C16H17N5OS2. The quantitative estimate of drug-likeness (QED) is 0.701. The van der Waals surface area contributed by atoms with Gasteiger partial charge >= 0.3 is 0 Å². The molecule has 0 aliphatic carbocycles. The second kappa shape index (κ2) is 8.07. The Morgan fingerprint density at radius 3 is 2.88 bits per heavy atom. The summed E-state index contributed by atoms with van der Waals surface area (Å²) in [4.78, 5) is 30.1. The highest BCUT2D eigenvalue weighted by Gasteiger charge is 2.08. The molecule has 0 saturated carbocycles. The van der Waals surface area contributed by atoms with Crippen LogP contribution in [0.15, 0.2) is 29.5 Å². The molecule has 0 spiro atoms. The molecule has 0 saturated heterocycles. The summed E-state index contributed by atoms with van der Waals surface area (Å²) in [5.74, 6) is 0.0622. The zero-order chi connectivity index (χ0) is 16.8. The van der Waals surface area contributed by atoms with Crippen molar-refractivity contribution in [2.24, 2.45) is 0 Å². The normalized spacial score (nSPS) is 10.7. The number of hydrogen-bond donors (Lipinski definition) is 1. The number of aryl methyl sites for hydroxylation is 2. The van der Waals surface area contributed by atoms with Crippen LogP contribution in [0.1, 0.15) is 22.7 Å². The minimum Gasteiger partial charge on any atom is -0.356 e. The molecular weight excluding hydrogens is 342 g/mol. The Labute approximate surface area is 148 Å². The summed E-state index contributed by atoms with van der Waals surface area (Å²) < 4.78 is 0. The highest BCUT2D eigenvalue weighted by molar-refractivity contribution is 7.13. The fourth-order valence-electron chi connectivity index (χ4n) is 2.16. The van der Waals surface area contributed by atoms with E-state index in [-0.39, 0.29) is 5.91 Å². The predicted octanol–water partition coefficient (Wildman–Crippen LogP) is 2.66. The van der Waals surface area contributed by atoms with Crippen molar-refractivity contribution >= 4 is 28.6 Å². The molecule has 0 aliphatic rings. The van der Waals surface area contributed by atoms with Crippen molar-refractivity contribution in [1.29, 1.82) is 0 Å². The van der Waals surface area contributed by atoms with Crippen LogP contribution in [0.4, 0.5) is 0 Å². The molecule has 3 aromatic heterocycles. The molecule has 0 bridgehead atoms. The van der Waals surface area contributed by atoms with Gasteiger partial charge in [0.15, 0.2) is 0 Å². The van der Waals surface area contributed by atoms with Gasteiger partial charge in [0.1, 0.15) is 10.7 Å². The second-order valence-corrected chi connectivity index (χ2v) is 6.99. The van der Waals surface area contributed by atoms with Gasteiger partial charge in [-0.05, 0) is 13.3 Å². The van der Waals surface area contributed by atoms with Gasteiger partial charge in [-0.3, -0.25) is 14.8 Å². The molecule has 0 fully saturated rings. The molecule has 0 aliphatic heterocycles. The van der Waals surface area contributed by atoms with Gasteiger partial charge in [-0.1, -0.05) is 0 Å². The summed E-state index contributed by atoms with van der Waals surface area (Å²) in [6.07, 6.45) is 6.94. The molecule has 24 heavy (non-hydrogen) atoms. The smallest absolute Gasteiger partial charge is 0.220 e. The first-order valence-electron chi connectivity index (χ1n) is 7.59. The van der Waals surface area contributed by atoms with Crippen molar-refractivity contribution in [3.05, 3.63) is 45.7 Å². The van der Waals surface area contributed by atoms with E-state index in [1.165, 1.54) is 16.2 Å². The van der Waals surface area contributed by atoms with Crippen molar-refractivity contribution in [3.63, 3.8) is 0 Å². The first kappa shape index (κ1) is 16.7. The lowest BCUT2D eigenvalue weighted by molar-refractivity contribution is -0.121. The zero-order valence-electron chi connectivity index (χ0n) is 13.2. The summed E-state index contributed by atoms with van der Waals surface area (Å²) in [5.41, 5.74) is 4.57. The number of carbonyl (C=O) groups is 1. The van der Waals surface area contributed by atoms with E-state index in [1.807, 2.05) is 17.8 Å². The monoisotopic (exact) mass is 359 g/mol. The molecule has 124 valence electrons. The van der Waals surface area contributed by atoms with E-state index < -0.39 is 0 Å². The number of hydrogen-bond acceptors (Lipinski definition) is 7. The Hall–Kier alpha value is -2.19. The Balaban J connectivity index is 1.42. The number of carbonyl (C=O) groups excluding carboxylic acids is 1. The largest absolute Gasteiger partial charge is 0.356 e. The van der Waals surface area contributed by atoms with Crippen LogP contribution in [-0.4, -0.2) is 32.4 Å². The number of thiazole rings is 2. The summed E-state index contributed by atoms with van der Waals surface area (Å²) in [6, 6.07) is 0. The molecule has 0 unspecified atom stereocenters. The molecule has 0 aromatic carbocycles. The maximum absolute atomic E-state index is 11.9. The third-order valence-electron chi connectivity index (χ3n) is 3.46. The Bertz CT molecular complexity index is 800. The topological polar surface area (TPSA) is 80.7 Å². The van der Waals surface area contributed by atoms with Crippen LogP contribution >= 0.6 is 22.7 Å². The average molecular weight is 359 g/mol. The molecule has 1 N–H and O–H groups in total. The maximum atomic E-state index is 11.9. The van der Waals surface area contributed by atoms with Crippen LogP contribution in [0.2, 0.25) is 0 Å². The second-order valence-electron chi connectivity index (χ2n) is 5.20. The van der Waals surface area contributed by atoms with Crippen molar-refractivity contribution in [3.8, 4) is 10.7 Å². The molecule has 3 aromatic rings.